The van der Waals surface area contributed by atoms with Crippen molar-refractivity contribution in [2.45, 2.75) is 39.5 Å². The third kappa shape index (κ3) is 3.02. The third-order valence-corrected chi connectivity index (χ3v) is 2.19. The SMILES string of the molecule is CCCNc1ccc(C(C)(C)C)cn1. The molecule has 1 heterocycles. The van der Waals surface area contributed by atoms with E-state index in [1.807, 2.05) is 6.20 Å². The molecule has 0 spiro atoms. The van der Waals surface area contributed by atoms with Gasteiger partial charge in [0.25, 0.3) is 0 Å². The zero-order valence-electron chi connectivity index (χ0n) is 9.59. The lowest BCUT2D eigenvalue weighted by Crippen LogP contribution is -2.12. The Morgan fingerprint density at radius 3 is 2.43 bits per heavy atom. The van der Waals surface area contributed by atoms with Gasteiger partial charge in [0.2, 0.25) is 0 Å². The number of rotatable bonds is 3. The molecule has 1 rings (SSSR count). The van der Waals surface area contributed by atoms with Crippen molar-refractivity contribution in [1.82, 2.24) is 4.98 Å². The minimum atomic E-state index is 0.191. The molecule has 0 saturated carbocycles. The monoisotopic (exact) mass is 192 g/mol. The van der Waals surface area contributed by atoms with Crippen LogP contribution < -0.4 is 5.32 Å². The van der Waals surface area contributed by atoms with Crippen molar-refractivity contribution in [3.05, 3.63) is 23.9 Å². The number of pyridine rings is 1. The van der Waals surface area contributed by atoms with Crippen LogP contribution in [0.4, 0.5) is 5.82 Å². The van der Waals surface area contributed by atoms with E-state index < -0.39 is 0 Å². The number of aromatic nitrogens is 1. The standard InChI is InChI=1S/C12H20N2/c1-5-8-13-11-7-6-10(9-14-11)12(2,3)4/h6-7,9H,5,8H2,1-4H3,(H,13,14). The van der Waals surface area contributed by atoms with E-state index in [4.69, 9.17) is 0 Å². The van der Waals surface area contributed by atoms with E-state index >= 15 is 0 Å². The fourth-order valence-electron chi connectivity index (χ4n) is 1.20. The van der Waals surface area contributed by atoms with Crippen molar-refractivity contribution >= 4 is 5.82 Å². The molecule has 0 atom stereocenters. The van der Waals surface area contributed by atoms with Gasteiger partial charge in [0.1, 0.15) is 5.82 Å². The highest BCUT2D eigenvalue weighted by Crippen LogP contribution is 2.21. The Morgan fingerprint density at radius 1 is 1.29 bits per heavy atom. The summed E-state index contributed by atoms with van der Waals surface area (Å²) >= 11 is 0. The molecule has 0 unspecified atom stereocenters. The number of hydrogen-bond acceptors (Lipinski definition) is 2. The average molecular weight is 192 g/mol. The Labute approximate surface area is 86.8 Å². The summed E-state index contributed by atoms with van der Waals surface area (Å²) in [5.41, 5.74) is 1.47. The molecule has 1 N–H and O–H groups in total. The van der Waals surface area contributed by atoms with Crippen LogP contribution in [-0.4, -0.2) is 11.5 Å². The van der Waals surface area contributed by atoms with E-state index in [2.05, 4.69) is 50.1 Å². The smallest absolute Gasteiger partial charge is 0.125 e. The molecule has 1 aromatic heterocycles. The molecule has 0 aromatic carbocycles. The molecule has 0 fully saturated rings. The van der Waals surface area contributed by atoms with Crippen molar-refractivity contribution in [2.75, 3.05) is 11.9 Å². The molecule has 0 aliphatic carbocycles. The molecule has 0 radical (unpaired) electrons. The van der Waals surface area contributed by atoms with Crippen LogP contribution >= 0.6 is 0 Å². The molecule has 0 aliphatic rings. The normalized spacial score (nSPS) is 11.4. The number of anilines is 1. The molecule has 78 valence electrons. The van der Waals surface area contributed by atoms with E-state index in [1.165, 1.54) is 5.56 Å². The van der Waals surface area contributed by atoms with Crippen LogP contribution in [0.2, 0.25) is 0 Å². The lowest BCUT2D eigenvalue weighted by atomic mass is 9.88. The maximum Gasteiger partial charge on any atom is 0.125 e. The van der Waals surface area contributed by atoms with Crippen LogP contribution in [-0.2, 0) is 5.41 Å². The number of nitrogens with zero attached hydrogens (tertiary/aromatic N) is 1. The van der Waals surface area contributed by atoms with Crippen LogP contribution in [0.15, 0.2) is 18.3 Å². The van der Waals surface area contributed by atoms with E-state index in [-0.39, 0.29) is 5.41 Å². The largest absolute Gasteiger partial charge is 0.370 e. The molecule has 0 amide bonds. The molecule has 0 saturated heterocycles. The lowest BCUT2D eigenvalue weighted by Gasteiger charge is -2.18. The van der Waals surface area contributed by atoms with Gasteiger partial charge in [-0.3, -0.25) is 0 Å². The minimum absolute atomic E-state index is 0.191. The van der Waals surface area contributed by atoms with E-state index in [9.17, 15) is 0 Å². The van der Waals surface area contributed by atoms with Gasteiger partial charge in [-0.15, -0.1) is 0 Å². The third-order valence-electron chi connectivity index (χ3n) is 2.19. The zero-order valence-corrected chi connectivity index (χ0v) is 9.59. The number of hydrogen-bond donors (Lipinski definition) is 1. The quantitative estimate of drug-likeness (QED) is 0.795. The molecule has 0 bridgehead atoms. The van der Waals surface area contributed by atoms with Gasteiger partial charge in [-0.1, -0.05) is 33.8 Å². The summed E-state index contributed by atoms with van der Waals surface area (Å²) in [6.45, 7) is 9.73. The highest BCUT2D eigenvalue weighted by molar-refractivity contribution is 5.36. The van der Waals surface area contributed by atoms with Crippen LogP contribution in [0.3, 0.4) is 0 Å². The van der Waals surface area contributed by atoms with Gasteiger partial charge in [0, 0.05) is 12.7 Å². The van der Waals surface area contributed by atoms with Crippen LogP contribution in [0.25, 0.3) is 0 Å². The fraction of sp³-hybridized carbons (Fsp3) is 0.583. The van der Waals surface area contributed by atoms with Crippen molar-refractivity contribution in [3.8, 4) is 0 Å². The predicted molar refractivity (Wildman–Crippen MR) is 61.7 cm³/mol. The maximum absolute atomic E-state index is 4.37. The van der Waals surface area contributed by atoms with Crippen molar-refractivity contribution in [2.24, 2.45) is 0 Å². The van der Waals surface area contributed by atoms with Crippen molar-refractivity contribution < 1.29 is 0 Å². The summed E-state index contributed by atoms with van der Waals surface area (Å²) in [5, 5.41) is 3.26. The summed E-state index contributed by atoms with van der Waals surface area (Å²) < 4.78 is 0. The second-order valence-electron chi connectivity index (χ2n) is 4.61. The van der Waals surface area contributed by atoms with Gasteiger partial charge in [-0.2, -0.15) is 0 Å². The van der Waals surface area contributed by atoms with Crippen LogP contribution in [0.1, 0.15) is 39.7 Å². The molecule has 14 heavy (non-hydrogen) atoms. The molecular formula is C12H20N2. The minimum Gasteiger partial charge on any atom is -0.370 e. The predicted octanol–water partition coefficient (Wildman–Crippen LogP) is 3.20. The first-order chi connectivity index (χ1) is 6.54. The second kappa shape index (κ2) is 4.45. The summed E-state index contributed by atoms with van der Waals surface area (Å²) in [5.74, 6) is 0.972. The van der Waals surface area contributed by atoms with Gasteiger partial charge in [-0.05, 0) is 23.5 Å². The summed E-state index contributed by atoms with van der Waals surface area (Å²) in [6, 6.07) is 4.20. The van der Waals surface area contributed by atoms with Crippen molar-refractivity contribution in [1.29, 1.82) is 0 Å². The second-order valence-corrected chi connectivity index (χ2v) is 4.61. The molecule has 2 heteroatoms. The number of nitrogens with one attached hydrogen (secondary N) is 1. The zero-order chi connectivity index (χ0) is 10.6. The highest BCUT2D eigenvalue weighted by atomic mass is 15.0. The van der Waals surface area contributed by atoms with E-state index in [1.54, 1.807) is 0 Å². The van der Waals surface area contributed by atoms with E-state index in [0.717, 1.165) is 18.8 Å². The van der Waals surface area contributed by atoms with Crippen LogP contribution in [0.5, 0.6) is 0 Å². The first-order valence-corrected chi connectivity index (χ1v) is 5.24. The maximum atomic E-state index is 4.37. The lowest BCUT2D eigenvalue weighted by molar-refractivity contribution is 0.587. The van der Waals surface area contributed by atoms with Gasteiger partial charge in [0.15, 0.2) is 0 Å². The van der Waals surface area contributed by atoms with Crippen molar-refractivity contribution in [3.63, 3.8) is 0 Å². The topological polar surface area (TPSA) is 24.9 Å². The molecular weight excluding hydrogens is 172 g/mol. The van der Waals surface area contributed by atoms with Gasteiger partial charge in [0.05, 0.1) is 0 Å². The molecule has 0 aliphatic heterocycles. The van der Waals surface area contributed by atoms with Gasteiger partial charge < -0.3 is 5.32 Å². The van der Waals surface area contributed by atoms with Gasteiger partial charge >= 0.3 is 0 Å². The Balaban J connectivity index is 2.69. The fourth-order valence-corrected chi connectivity index (χ4v) is 1.20. The Kier molecular flexibility index (Phi) is 3.50. The first-order valence-electron chi connectivity index (χ1n) is 5.24. The highest BCUT2D eigenvalue weighted by Gasteiger charge is 2.13. The Morgan fingerprint density at radius 2 is 2.00 bits per heavy atom. The Bertz CT molecular complexity index is 269. The van der Waals surface area contributed by atoms with E-state index in [0.29, 0.717) is 0 Å². The summed E-state index contributed by atoms with van der Waals surface area (Å²) in [6.07, 6.45) is 3.08. The summed E-state index contributed by atoms with van der Waals surface area (Å²) in [4.78, 5) is 4.37. The Hall–Kier alpha value is -1.05. The molecule has 2 nitrogen and oxygen atoms in total. The van der Waals surface area contributed by atoms with Gasteiger partial charge in [-0.25, -0.2) is 4.98 Å². The summed E-state index contributed by atoms with van der Waals surface area (Å²) in [7, 11) is 0. The van der Waals surface area contributed by atoms with Crippen LogP contribution in [0, 0.1) is 0 Å². The molecule has 1 aromatic rings. The first kappa shape index (κ1) is 11.0. The average Bonchev–Trinajstić information content (AvgIpc) is 2.14.